The first-order valence-corrected chi connectivity index (χ1v) is 5.09. The van der Waals surface area contributed by atoms with Gasteiger partial charge in [-0.05, 0) is 38.8 Å². The standard InChI is InChI=1S/C12H19NO/c1-9(2)14-12-7-5-4-6-11(12)8-10(3)13/h4-7,9-10H,8,13H2,1-3H3/t10-/m0/s1. The lowest BCUT2D eigenvalue weighted by atomic mass is 10.1. The van der Waals surface area contributed by atoms with Crippen molar-refractivity contribution in [2.45, 2.75) is 39.3 Å². The molecular formula is C12H19NO. The van der Waals surface area contributed by atoms with Crippen LogP contribution < -0.4 is 10.5 Å². The molecule has 1 rings (SSSR count). The van der Waals surface area contributed by atoms with E-state index >= 15 is 0 Å². The van der Waals surface area contributed by atoms with Crippen molar-refractivity contribution in [2.75, 3.05) is 0 Å². The van der Waals surface area contributed by atoms with Gasteiger partial charge in [0.05, 0.1) is 6.10 Å². The number of para-hydroxylation sites is 1. The monoisotopic (exact) mass is 193 g/mol. The highest BCUT2D eigenvalue weighted by Crippen LogP contribution is 2.20. The minimum absolute atomic E-state index is 0.173. The summed E-state index contributed by atoms with van der Waals surface area (Å²) in [6.07, 6.45) is 1.08. The molecule has 2 heteroatoms. The van der Waals surface area contributed by atoms with E-state index in [1.807, 2.05) is 39.0 Å². The molecule has 0 heterocycles. The van der Waals surface area contributed by atoms with Crippen LogP contribution in [-0.4, -0.2) is 12.1 Å². The van der Waals surface area contributed by atoms with Crippen LogP contribution in [0.15, 0.2) is 24.3 Å². The fourth-order valence-electron chi connectivity index (χ4n) is 1.39. The highest BCUT2D eigenvalue weighted by Gasteiger charge is 2.06. The molecule has 0 fully saturated rings. The summed E-state index contributed by atoms with van der Waals surface area (Å²) in [5, 5.41) is 0. The van der Waals surface area contributed by atoms with Gasteiger partial charge in [-0.2, -0.15) is 0 Å². The molecule has 0 saturated heterocycles. The van der Waals surface area contributed by atoms with Gasteiger partial charge in [0.15, 0.2) is 0 Å². The van der Waals surface area contributed by atoms with E-state index in [-0.39, 0.29) is 12.1 Å². The smallest absolute Gasteiger partial charge is 0.122 e. The Labute approximate surface area is 86.1 Å². The summed E-state index contributed by atoms with van der Waals surface area (Å²) in [4.78, 5) is 0. The highest BCUT2D eigenvalue weighted by atomic mass is 16.5. The molecule has 0 unspecified atom stereocenters. The van der Waals surface area contributed by atoms with E-state index in [0.29, 0.717) is 0 Å². The quantitative estimate of drug-likeness (QED) is 0.796. The molecule has 0 spiro atoms. The molecule has 0 aromatic heterocycles. The summed E-state index contributed by atoms with van der Waals surface area (Å²) in [7, 11) is 0. The Balaban J connectivity index is 2.80. The molecule has 0 saturated carbocycles. The Hall–Kier alpha value is -1.02. The zero-order valence-corrected chi connectivity index (χ0v) is 9.16. The minimum atomic E-state index is 0.173. The summed E-state index contributed by atoms with van der Waals surface area (Å²) in [5.41, 5.74) is 6.96. The topological polar surface area (TPSA) is 35.2 Å². The SMILES string of the molecule is CC(C)Oc1ccccc1C[C@H](C)N. The predicted octanol–water partition coefficient (Wildman–Crippen LogP) is 2.36. The van der Waals surface area contributed by atoms with E-state index in [2.05, 4.69) is 6.07 Å². The number of hydrogen-bond donors (Lipinski definition) is 1. The molecule has 1 atom stereocenters. The molecule has 2 N–H and O–H groups in total. The van der Waals surface area contributed by atoms with Crippen LogP contribution in [0.25, 0.3) is 0 Å². The van der Waals surface area contributed by atoms with Crippen molar-refractivity contribution in [3.05, 3.63) is 29.8 Å². The number of ether oxygens (including phenoxy) is 1. The predicted molar refractivity (Wildman–Crippen MR) is 59.6 cm³/mol. The van der Waals surface area contributed by atoms with Crippen LogP contribution in [0.5, 0.6) is 5.75 Å². The third-order valence-electron chi connectivity index (χ3n) is 1.88. The van der Waals surface area contributed by atoms with Crippen molar-refractivity contribution in [1.29, 1.82) is 0 Å². The summed E-state index contributed by atoms with van der Waals surface area (Å²) in [5.74, 6) is 0.958. The van der Waals surface area contributed by atoms with Gasteiger partial charge in [0.1, 0.15) is 5.75 Å². The molecule has 78 valence electrons. The van der Waals surface area contributed by atoms with Crippen LogP contribution in [0.1, 0.15) is 26.3 Å². The van der Waals surface area contributed by atoms with Crippen molar-refractivity contribution in [2.24, 2.45) is 5.73 Å². The Morgan fingerprint density at radius 3 is 2.43 bits per heavy atom. The van der Waals surface area contributed by atoms with Crippen LogP contribution in [0, 0.1) is 0 Å². The molecule has 14 heavy (non-hydrogen) atoms. The molecule has 0 radical (unpaired) electrons. The number of nitrogens with two attached hydrogens (primary N) is 1. The molecule has 0 aliphatic heterocycles. The van der Waals surface area contributed by atoms with Gasteiger partial charge in [-0.15, -0.1) is 0 Å². The van der Waals surface area contributed by atoms with Crippen LogP contribution >= 0.6 is 0 Å². The third kappa shape index (κ3) is 3.38. The molecule has 1 aromatic rings. The van der Waals surface area contributed by atoms with Gasteiger partial charge in [-0.3, -0.25) is 0 Å². The lowest BCUT2D eigenvalue weighted by Gasteiger charge is -2.15. The molecule has 0 amide bonds. The fraction of sp³-hybridized carbons (Fsp3) is 0.500. The molecule has 1 aromatic carbocycles. The Morgan fingerprint density at radius 2 is 1.86 bits per heavy atom. The average Bonchev–Trinajstić information content (AvgIpc) is 2.06. The second-order valence-electron chi connectivity index (χ2n) is 3.96. The molecular weight excluding hydrogens is 174 g/mol. The van der Waals surface area contributed by atoms with Crippen molar-refractivity contribution in [1.82, 2.24) is 0 Å². The van der Waals surface area contributed by atoms with E-state index in [1.54, 1.807) is 0 Å². The number of benzene rings is 1. The highest BCUT2D eigenvalue weighted by molar-refractivity contribution is 5.34. The first kappa shape index (κ1) is 11.1. The molecule has 0 aliphatic rings. The lowest BCUT2D eigenvalue weighted by molar-refractivity contribution is 0.239. The van der Waals surface area contributed by atoms with Gasteiger partial charge in [0.25, 0.3) is 0 Å². The van der Waals surface area contributed by atoms with Gasteiger partial charge in [0, 0.05) is 6.04 Å². The summed E-state index contributed by atoms with van der Waals surface area (Å²) < 4.78 is 5.69. The maximum absolute atomic E-state index is 5.77. The Bertz CT molecular complexity index is 252. The van der Waals surface area contributed by atoms with Crippen molar-refractivity contribution < 1.29 is 4.74 Å². The second kappa shape index (κ2) is 5.01. The maximum atomic E-state index is 5.77. The average molecular weight is 193 g/mol. The van der Waals surface area contributed by atoms with Crippen molar-refractivity contribution in [3.63, 3.8) is 0 Å². The van der Waals surface area contributed by atoms with Crippen LogP contribution in [0.2, 0.25) is 0 Å². The normalized spacial score (nSPS) is 12.9. The first-order valence-electron chi connectivity index (χ1n) is 5.09. The van der Waals surface area contributed by atoms with Crippen molar-refractivity contribution in [3.8, 4) is 5.75 Å². The van der Waals surface area contributed by atoms with Gasteiger partial charge in [-0.25, -0.2) is 0 Å². The summed E-state index contributed by atoms with van der Waals surface area (Å²) >= 11 is 0. The molecule has 2 nitrogen and oxygen atoms in total. The van der Waals surface area contributed by atoms with Gasteiger partial charge in [-0.1, -0.05) is 18.2 Å². The van der Waals surface area contributed by atoms with E-state index in [0.717, 1.165) is 12.2 Å². The number of rotatable bonds is 4. The largest absolute Gasteiger partial charge is 0.491 e. The van der Waals surface area contributed by atoms with Crippen molar-refractivity contribution >= 4 is 0 Å². The zero-order chi connectivity index (χ0) is 10.6. The maximum Gasteiger partial charge on any atom is 0.122 e. The van der Waals surface area contributed by atoms with Gasteiger partial charge < -0.3 is 10.5 Å². The Kier molecular flexibility index (Phi) is 3.96. The van der Waals surface area contributed by atoms with E-state index in [1.165, 1.54) is 5.56 Å². The summed E-state index contributed by atoms with van der Waals surface area (Å²) in [6, 6.07) is 8.25. The fourth-order valence-corrected chi connectivity index (χ4v) is 1.39. The summed E-state index contributed by atoms with van der Waals surface area (Å²) in [6.45, 7) is 6.07. The number of hydrogen-bond acceptors (Lipinski definition) is 2. The first-order chi connectivity index (χ1) is 6.59. The Morgan fingerprint density at radius 1 is 1.21 bits per heavy atom. The van der Waals surface area contributed by atoms with E-state index in [4.69, 9.17) is 10.5 Å². The zero-order valence-electron chi connectivity index (χ0n) is 9.16. The van der Waals surface area contributed by atoms with E-state index < -0.39 is 0 Å². The van der Waals surface area contributed by atoms with E-state index in [9.17, 15) is 0 Å². The van der Waals surface area contributed by atoms with Crippen LogP contribution in [-0.2, 0) is 6.42 Å². The minimum Gasteiger partial charge on any atom is -0.491 e. The van der Waals surface area contributed by atoms with Crippen LogP contribution in [0.4, 0.5) is 0 Å². The third-order valence-corrected chi connectivity index (χ3v) is 1.88. The van der Waals surface area contributed by atoms with Crippen LogP contribution in [0.3, 0.4) is 0 Å². The van der Waals surface area contributed by atoms with Gasteiger partial charge in [0.2, 0.25) is 0 Å². The lowest BCUT2D eigenvalue weighted by Crippen LogP contribution is -2.19. The molecule has 0 bridgehead atoms. The second-order valence-corrected chi connectivity index (χ2v) is 3.96. The molecule has 0 aliphatic carbocycles. The van der Waals surface area contributed by atoms with Gasteiger partial charge >= 0.3 is 0 Å².